The molecule has 1 unspecified atom stereocenters. The first-order chi connectivity index (χ1) is 12.9. The third kappa shape index (κ3) is 4.19. The molecule has 1 atom stereocenters. The molecule has 1 N–H and O–H groups in total. The van der Waals surface area contributed by atoms with E-state index in [-0.39, 0.29) is 11.7 Å². The SMILES string of the molecule is COC(=O)c1ccc(C2(C)SC(=NCCc3ccc(F)cc3)NC2=O)cc1. The predicted molar refractivity (Wildman–Crippen MR) is 103 cm³/mol. The van der Waals surface area contributed by atoms with Crippen LogP contribution in [-0.2, 0) is 20.7 Å². The Bertz CT molecular complexity index is 881. The highest BCUT2D eigenvalue weighted by Crippen LogP contribution is 2.41. The molecule has 7 heteroatoms. The minimum atomic E-state index is -0.816. The molecule has 0 aromatic heterocycles. The predicted octanol–water partition coefficient (Wildman–Crippen LogP) is 3.29. The van der Waals surface area contributed by atoms with Gasteiger partial charge < -0.3 is 10.1 Å². The summed E-state index contributed by atoms with van der Waals surface area (Å²) in [5, 5.41) is 3.37. The van der Waals surface area contributed by atoms with E-state index in [2.05, 4.69) is 15.0 Å². The van der Waals surface area contributed by atoms with Crippen LogP contribution in [0.3, 0.4) is 0 Å². The number of benzene rings is 2. The number of esters is 1. The van der Waals surface area contributed by atoms with Gasteiger partial charge in [0.25, 0.3) is 0 Å². The molecule has 1 aliphatic rings. The highest BCUT2D eigenvalue weighted by molar-refractivity contribution is 8.15. The lowest BCUT2D eigenvalue weighted by molar-refractivity contribution is -0.121. The summed E-state index contributed by atoms with van der Waals surface area (Å²) >= 11 is 1.34. The first kappa shape index (κ1) is 19.1. The summed E-state index contributed by atoms with van der Waals surface area (Å²) in [6, 6.07) is 13.1. The second-order valence-corrected chi connectivity index (χ2v) is 7.63. The van der Waals surface area contributed by atoms with Crippen LogP contribution in [-0.4, -0.2) is 30.7 Å². The minimum absolute atomic E-state index is 0.154. The quantitative estimate of drug-likeness (QED) is 0.801. The molecular weight excluding hydrogens is 367 g/mol. The molecule has 27 heavy (non-hydrogen) atoms. The van der Waals surface area contributed by atoms with Crippen molar-refractivity contribution < 1.29 is 18.7 Å². The number of nitrogens with one attached hydrogen (secondary N) is 1. The van der Waals surface area contributed by atoms with Crippen LogP contribution in [0.5, 0.6) is 0 Å². The number of hydrogen-bond acceptors (Lipinski definition) is 5. The number of aliphatic imine (C=N–C) groups is 1. The molecule has 0 bridgehead atoms. The number of thioether (sulfide) groups is 1. The zero-order chi connectivity index (χ0) is 19.4. The van der Waals surface area contributed by atoms with E-state index in [9.17, 15) is 14.0 Å². The Hall–Kier alpha value is -2.67. The van der Waals surface area contributed by atoms with Crippen LogP contribution in [0.15, 0.2) is 53.5 Å². The second kappa shape index (κ2) is 7.92. The van der Waals surface area contributed by atoms with Crippen LogP contribution in [0, 0.1) is 5.82 Å². The van der Waals surface area contributed by atoms with Gasteiger partial charge >= 0.3 is 5.97 Å². The van der Waals surface area contributed by atoms with Crippen molar-refractivity contribution in [1.82, 2.24) is 5.32 Å². The van der Waals surface area contributed by atoms with Crippen molar-refractivity contribution >= 4 is 28.8 Å². The summed E-state index contributed by atoms with van der Waals surface area (Å²) in [4.78, 5) is 28.5. The Labute approximate surface area is 161 Å². The van der Waals surface area contributed by atoms with Gasteiger partial charge in [-0.15, -0.1) is 0 Å². The molecule has 1 aliphatic heterocycles. The van der Waals surface area contributed by atoms with Crippen LogP contribution in [0.4, 0.5) is 4.39 Å². The van der Waals surface area contributed by atoms with E-state index in [4.69, 9.17) is 0 Å². The molecule has 2 aromatic rings. The molecule has 0 aliphatic carbocycles. The molecule has 1 saturated heterocycles. The van der Waals surface area contributed by atoms with Crippen molar-refractivity contribution in [3.8, 4) is 0 Å². The maximum Gasteiger partial charge on any atom is 0.337 e. The summed E-state index contributed by atoms with van der Waals surface area (Å²) < 4.78 is 16.8. The Kier molecular flexibility index (Phi) is 5.60. The lowest BCUT2D eigenvalue weighted by atomic mass is 9.98. The molecule has 3 rings (SSSR count). The zero-order valence-corrected chi connectivity index (χ0v) is 15.8. The number of ether oxygens (including phenoxy) is 1. The van der Waals surface area contributed by atoms with Gasteiger partial charge in [-0.1, -0.05) is 36.0 Å². The number of methoxy groups -OCH3 is 1. The fraction of sp³-hybridized carbons (Fsp3) is 0.250. The largest absolute Gasteiger partial charge is 0.465 e. The van der Waals surface area contributed by atoms with Gasteiger partial charge in [0.15, 0.2) is 5.17 Å². The molecule has 0 spiro atoms. The molecular formula is C20H19FN2O3S. The lowest BCUT2D eigenvalue weighted by Crippen LogP contribution is -2.31. The lowest BCUT2D eigenvalue weighted by Gasteiger charge is -2.19. The average molecular weight is 386 g/mol. The van der Waals surface area contributed by atoms with Gasteiger partial charge in [-0.05, 0) is 48.7 Å². The highest BCUT2D eigenvalue weighted by Gasteiger charge is 2.44. The third-order valence-corrected chi connectivity index (χ3v) is 5.63. The van der Waals surface area contributed by atoms with Crippen molar-refractivity contribution in [3.05, 3.63) is 71.0 Å². The number of nitrogens with zero attached hydrogens (tertiary/aromatic N) is 1. The van der Waals surface area contributed by atoms with Crippen molar-refractivity contribution in [1.29, 1.82) is 0 Å². The Morgan fingerprint density at radius 2 is 1.85 bits per heavy atom. The van der Waals surface area contributed by atoms with E-state index in [0.717, 1.165) is 11.1 Å². The molecule has 1 heterocycles. The first-order valence-electron chi connectivity index (χ1n) is 8.40. The summed E-state index contributed by atoms with van der Waals surface area (Å²) in [5.74, 6) is -0.838. The highest BCUT2D eigenvalue weighted by atomic mass is 32.2. The normalized spacial score (nSPS) is 20.6. The number of halogens is 1. The Morgan fingerprint density at radius 1 is 1.19 bits per heavy atom. The maximum absolute atomic E-state index is 12.9. The van der Waals surface area contributed by atoms with E-state index < -0.39 is 10.7 Å². The van der Waals surface area contributed by atoms with Crippen molar-refractivity contribution in [3.63, 3.8) is 0 Å². The number of amidine groups is 1. The number of hydrogen-bond donors (Lipinski definition) is 1. The topological polar surface area (TPSA) is 67.8 Å². The molecule has 1 amide bonds. The smallest absolute Gasteiger partial charge is 0.337 e. The van der Waals surface area contributed by atoms with E-state index >= 15 is 0 Å². The van der Waals surface area contributed by atoms with Crippen LogP contribution < -0.4 is 5.32 Å². The molecule has 0 radical (unpaired) electrons. The van der Waals surface area contributed by atoms with Crippen LogP contribution in [0.1, 0.15) is 28.4 Å². The van der Waals surface area contributed by atoms with Crippen molar-refractivity contribution in [2.24, 2.45) is 4.99 Å². The van der Waals surface area contributed by atoms with Crippen LogP contribution in [0.2, 0.25) is 0 Å². The molecule has 5 nitrogen and oxygen atoms in total. The molecule has 1 fully saturated rings. The standard InChI is InChI=1S/C20H19FN2O3S/c1-20(15-7-5-14(6-8-15)17(24)26-2)18(25)23-19(27-20)22-12-11-13-3-9-16(21)10-4-13/h3-10H,11-12H2,1-2H3,(H,22,23,25). The van der Waals surface area contributed by atoms with E-state index in [0.29, 0.717) is 23.7 Å². The first-order valence-corrected chi connectivity index (χ1v) is 9.22. The van der Waals surface area contributed by atoms with Crippen molar-refractivity contribution in [2.45, 2.75) is 18.1 Å². The van der Waals surface area contributed by atoms with Gasteiger partial charge in [-0.2, -0.15) is 0 Å². The number of carbonyl (C=O) groups is 2. The zero-order valence-electron chi connectivity index (χ0n) is 15.0. The van der Waals surface area contributed by atoms with Gasteiger partial charge in [0.2, 0.25) is 5.91 Å². The van der Waals surface area contributed by atoms with Gasteiger partial charge in [0.05, 0.1) is 12.7 Å². The molecule has 140 valence electrons. The van der Waals surface area contributed by atoms with Crippen LogP contribution >= 0.6 is 11.8 Å². The second-order valence-electron chi connectivity index (χ2n) is 6.22. The number of amides is 1. The maximum atomic E-state index is 12.9. The van der Waals surface area contributed by atoms with Crippen molar-refractivity contribution in [2.75, 3.05) is 13.7 Å². The van der Waals surface area contributed by atoms with E-state index in [1.807, 2.05) is 6.92 Å². The summed E-state index contributed by atoms with van der Waals surface area (Å²) in [5.41, 5.74) is 2.19. The summed E-state index contributed by atoms with van der Waals surface area (Å²) in [6.45, 7) is 2.31. The molecule has 0 saturated carbocycles. The summed E-state index contributed by atoms with van der Waals surface area (Å²) in [7, 11) is 1.33. The van der Waals surface area contributed by atoms with Gasteiger partial charge in [0, 0.05) is 6.54 Å². The number of carbonyl (C=O) groups excluding carboxylic acids is 2. The Balaban J connectivity index is 1.68. The monoisotopic (exact) mass is 386 g/mol. The minimum Gasteiger partial charge on any atom is -0.465 e. The fourth-order valence-electron chi connectivity index (χ4n) is 2.72. The van der Waals surface area contributed by atoms with E-state index in [1.54, 1.807) is 36.4 Å². The average Bonchev–Trinajstić information content (AvgIpc) is 2.97. The van der Waals surface area contributed by atoms with Gasteiger partial charge in [-0.25, -0.2) is 9.18 Å². The molecule has 2 aromatic carbocycles. The number of rotatable bonds is 5. The fourth-order valence-corrected chi connectivity index (χ4v) is 3.81. The summed E-state index contributed by atoms with van der Waals surface area (Å²) in [6.07, 6.45) is 0.657. The Morgan fingerprint density at radius 3 is 2.48 bits per heavy atom. The van der Waals surface area contributed by atoms with E-state index in [1.165, 1.54) is 31.0 Å². The van der Waals surface area contributed by atoms with Gasteiger partial charge in [0.1, 0.15) is 10.6 Å². The van der Waals surface area contributed by atoms with Crippen LogP contribution in [0.25, 0.3) is 0 Å². The third-order valence-electron chi connectivity index (χ3n) is 4.38. The van der Waals surface area contributed by atoms with Gasteiger partial charge in [-0.3, -0.25) is 9.79 Å².